The van der Waals surface area contributed by atoms with Gasteiger partial charge in [0, 0.05) is 11.9 Å². The maximum Gasteiger partial charge on any atom is 0.263 e. The summed E-state index contributed by atoms with van der Waals surface area (Å²) in [6.45, 7) is 2.65. The Morgan fingerprint density at radius 2 is 2.33 bits per heavy atom. The third-order valence-corrected chi connectivity index (χ3v) is 3.41. The van der Waals surface area contributed by atoms with Gasteiger partial charge in [0.25, 0.3) is 5.91 Å². The molecular formula is C10H15BrN2OS. The van der Waals surface area contributed by atoms with Gasteiger partial charge in [0.15, 0.2) is 0 Å². The van der Waals surface area contributed by atoms with Crippen LogP contribution >= 0.6 is 27.3 Å². The van der Waals surface area contributed by atoms with Crippen molar-refractivity contribution >= 4 is 33.2 Å². The molecule has 1 amide bonds. The topological polar surface area (TPSA) is 42.0 Å². The zero-order valence-electron chi connectivity index (χ0n) is 8.75. The molecule has 0 saturated heterocycles. The van der Waals surface area contributed by atoms with Crippen LogP contribution in [0.4, 0.5) is 0 Å². The molecule has 1 rings (SSSR count). The number of thiazole rings is 1. The van der Waals surface area contributed by atoms with E-state index in [1.807, 2.05) is 6.92 Å². The molecule has 3 nitrogen and oxygen atoms in total. The second-order valence-corrected chi connectivity index (χ2v) is 5.28. The lowest BCUT2D eigenvalue weighted by Crippen LogP contribution is -2.23. The minimum atomic E-state index is -0.000516. The number of nitrogens with zero attached hydrogens (tertiary/aromatic N) is 1. The van der Waals surface area contributed by atoms with Gasteiger partial charge in [-0.15, -0.1) is 11.3 Å². The minimum Gasteiger partial charge on any atom is -0.351 e. The number of carbonyl (C=O) groups is 1. The molecule has 0 aliphatic heterocycles. The van der Waals surface area contributed by atoms with Crippen molar-refractivity contribution in [2.75, 3.05) is 11.9 Å². The Hall–Kier alpha value is -0.420. The van der Waals surface area contributed by atoms with E-state index in [2.05, 4.69) is 26.2 Å². The number of aryl methyl sites for hydroxylation is 1. The molecule has 1 heterocycles. The summed E-state index contributed by atoms with van der Waals surface area (Å²) in [7, 11) is 0. The van der Waals surface area contributed by atoms with Crippen LogP contribution in [0, 0.1) is 6.92 Å². The van der Waals surface area contributed by atoms with E-state index in [1.165, 1.54) is 11.3 Å². The second kappa shape index (κ2) is 6.95. The van der Waals surface area contributed by atoms with Crippen molar-refractivity contribution in [2.45, 2.75) is 26.2 Å². The number of hydrogen-bond donors (Lipinski definition) is 1. The van der Waals surface area contributed by atoms with Crippen molar-refractivity contribution in [1.29, 1.82) is 0 Å². The Balaban J connectivity index is 2.19. The molecule has 0 bridgehead atoms. The van der Waals surface area contributed by atoms with Crippen molar-refractivity contribution in [1.82, 2.24) is 10.3 Å². The van der Waals surface area contributed by atoms with Gasteiger partial charge in [-0.2, -0.15) is 0 Å². The molecule has 0 saturated carbocycles. The number of aromatic nitrogens is 1. The van der Waals surface area contributed by atoms with Crippen LogP contribution in [0.1, 0.15) is 33.9 Å². The average Bonchev–Trinajstić information content (AvgIpc) is 2.64. The lowest BCUT2D eigenvalue weighted by atomic mass is 10.2. The first-order chi connectivity index (χ1) is 7.24. The molecule has 0 aliphatic carbocycles. The fourth-order valence-electron chi connectivity index (χ4n) is 1.15. The zero-order chi connectivity index (χ0) is 11.1. The number of carbonyl (C=O) groups excluding carboxylic acids is 1. The summed E-state index contributed by atoms with van der Waals surface area (Å²) in [4.78, 5) is 16.3. The zero-order valence-corrected chi connectivity index (χ0v) is 11.2. The highest BCUT2D eigenvalue weighted by atomic mass is 79.9. The average molecular weight is 291 g/mol. The Morgan fingerprint density at radius 3 is 2.93 bits per heavy atom. The van der Waals surface area contributed by atoms with Gasteiger partial charge >= 0.3 is 0 Å². The summed E-state index contributed by atoms with van der Waals surface area (Å²) in [5, 5.41) is 4.85. The molecule has 0 fully saturated rings. The van der Waals surface area contributed by atoms with E-state index >= 15 is 0 Å². The number of hydrogen-bond acceptors (Lipinski definition) is 3. The van der Waals surface area contributed by atoms with Crippen LogP contribution in [0.25, 0.3) is 0 Å². The predicted octanol–water partition coefficient (Wildman–Crippen LogP) is 2.75. The highest BCUT2D eigenvalue weighted by Gasteiger charge is 2.07. The van der Waals surface area contributed by atoms with Gasteiger partial charge in [0.2, 0.25) is 0 Å². The third-order valence-electron chi connectivity index (χ3n) is 1.94. The van der Waals surface area contributed by atoms with Gasteiger partial charge in [-0.1, -0.05) is 22.4 Å². The van der Waals surface area contributed by atoms with Crippen LogP contribution in [0.5, 0.6) is 0 Å². The monoisotopic (exact) mass is 290 g/mol. The summed E-state index contributed by atoms with van der Waals surface area (Å²) >= 11 is 4.81. The van der Waals surface area contributed by atoms with Crippen molar-refractivity contribution in [3.8, 4) is 0 Å². The maximum atomic E-state index is 11.5. The highest BCUT2D eigenvalue weighted by molar-refractivity contribution is 9.09. The van der Waals surface area contributed by atoms with E-state index in [4.69, 9.17) is 0 Å². The lowest BCUT2D eigenvalue weighted by Gasteiger charge is -2.01. The van der Waals surface area contributed by atoms with Gasteiger partial charge < -0.3 is 5.32 Å². The van der Waals surface area contributed by atoms with Gasteiger partial charge in [0.05, 0.1) is 11.2 Å². The van der Waals surface area contributed by atoms with E-state index in [0.717, 1.165) is 36.1 Å². The molecule has 0 radical (unpaired) electrons. The third kappa shape index (κ3) is 4.75. The lowest BCUT2D eigenvalue weighted by molar-refractivity contribution is 0.0957. The number of amides is 1. The quantitative estimate of drug-likeness (QED) is 0.647. The normalized spacial score (nSPS) is 10.3. The predicted molar refractivity (Wildman–Crippen MR) is 66.8 cm³/mol. The van der Waals surface area contributed by atoms with Crippen LogP contribution in [-0.2, 0) is 0 Å². The molecule has 0 unspecified atom stereocenters. The van der Waals surface area contributed by atoms with Gasteiger partial charge in [-0.25, -0.2) is 4.98 Å². The SMILES string of the molecule is Cc1ncc(C(=O)NCCCCCBr)s1. The van der Waals surface area contributed by atoms with Crippen molar-refractivity contribution in [3.63, 3.8) is 0 Å². The fraction of sp³-hybridized carbons (Fsp3) is 0.600. The van der Waals surface area contributed by atoms with Gasteiger partial charge in [-0.05, 0) is 19.8 Å². The molecule has 0 aromatic carbocycles. The number of nitrogens with one attached hydrogen (secondary N) is 1. The Kier molecular flexibility index (Phi) is 5.86. The first-order valence-corrected chi connectivity index (χ1v) is 6.94. The van der Waals surface area contributed by atoms with Crippen LogP contribution < -0.4 is 5.32 Å². The van der Waals surface area contributed by atoms with Crippen LogP contribution in [0.3, 0.4) is 0 Å². The van der Waals surface area contributed by atoms with Gasteiger partial charge in [-0.3, -0.25) is 4.79 Å². The summed E-state index contributed by atoms with van der Waals surface area (Å²) in [6, 6.07) is 0. The number of rotatable bonds is 6. The minimum absolute atomic E-state index is 0.000516. The number of unbranched alkanes of at least 4 members (excludes halogenated alkanes) is 2. The molecule has 0 spiro atoms. The molecular weight excluding hydrogens is 276 g/mol. The first-order valence-electron chi connectivity index (χ1n) is 5.00. The largest absolute Gasteiger partial charge is 0.351 e. The second-order valence-electron chi connectivity index (χ2n) is 3.25. The standard InChI is InChI=1S/C10H15BrN2OS/c1-8-13-7-9(15-8)10(14)12-6-4-2-3-5-11/h7H,2-6H2,1H3,(H,12,14). The van der Waals surface area contributed by atoms with E-state index in [9.17, 15) is 4.79 Å². The van der Waals surface area contributed by atoms with Crippen LogP contribution in [0.2, 0.25) is 0 Å². The van der Waals surface area contributed by atoms with Crippen LogP contribution in [0.15, 0.2) is 6.20 Å². The number of halogens is 1. The molecule has 5 heteroatoms. The maximum absolute atomic E-state index is 11.5. The Labute approximate surface area is 102 Å². The molecule has 1 N–H and O–H groups in total. The van der Waals surface area contributed by atoms with Crippen LogP contribution in [-0.4, -0.2) is 22.8 Å². The smallest absolute Gasteiger partial charge is 0.263 e. The summed E-state index contributed by atoms with van der Waals surface area (Å²) < 4.78 is 0. The summed E-state index contributed by atoms with van der Waals surface area (Å²) in [5.41, 5.74) is 0. The fourth-order valence-corrected chi connectivity index (χ4v) is 2.24. The van der Waals surface area contributed by atoms with Crippen molar-refractivity contribution in [3.05, 3.63) is 16.1 Å². The van der Waals surface area contributed by atoms with E-state index in [0.29, 0.717) is 4.88 Å². The summed E-state index contributed by atoms with van der Waals surface area (Å²) in [6.07, 6.45) is 4.98. The molecule has 84 valence electrons. The molecule has 1 aromatic heterocycles. The molecule has 15 heavy (non-hydrogen) atoms. The van der Waals surface area contributed by atoms with E-state index in [1.54, 1.807) is 6.20 Å². The molecule has 0 atom stereocenters. The van der Waals surface area contributed by atoms with E-state index in [-0.39, 0.29) is 5.91 Å². The van der Waals surface area contributed by atoms with Crippen molar-refractivity contribution < 1.29 is 4.79 Å². The summed E-state index contributed by atoms with van der Waals surface area (Å²) in [5.74, 6) is -0.000516. The molecule has 0 aliphatic rings. The highest BCUT2D eigenvalue weighted by Crippen LogP contribution is 2.10. The first kappa shape index (κ1) is 12.6. The van der Waals surface area contributed by atoms with Crippen molar-refractivity contribution in [2.24, 2.45) is 0 Å². The Bertz CT molecular complexity index is 314. The van der Waals surface area contributed by atoms with Gasteiger partial charge in [0.1, 0.15) is 4.88 Å². The molecule has 1 aromatic rings. The number of alkyl halides is 1. The Morgan fingerprint density at radius 1 is 1.53 bits per heavy atom. The van der Waals surface area contributed by atoms with E-state index < -0.39 is 0 Å².